The highest BCUT2D eigenvalue weighted by Crippen LogP contribution is 2.42. The number of carbonyl (C=O) groups is 1. The molecule has 0 radical (unpaired) electrons. The lowest BCUT2D eigenvalue weighted by molar-refractivity contribution is -0.324. The van der Waals surface area contributed by atoms with Crippen LogP contribution in [0.5, 0.6) is 0 Å². The van der Waals surface area contributed by atoms with Crippen LogP contribution in [0.1, 0.15) is 52.4 Å². The van der Waals surface area contributed by atoms with Crippen molar-refractivity contribution >= 4 is 17.5 Å². The zero-order chi connectivity index (χ0) is 24.3. The highest BCUT2D eigenvalue weighted by molar-refractivity contribution is 6.22. The monoisotopic (exact) mass is 479 g/mol. The second-order valence-corrected chi connectivity index (χ2v) is 9.36. The summed E-state index contributed by atoms with van der Waals surface area (Å²) in [4.78, 5) is 12.2. The minimum atomic E-state index is -2.03. The summed E-state index contributed by atoms with van der Waals surface area (Å²) in [5.74, 6) is -1.73. The van der Waals surface area contributed by atoms with E-state index in [9.17, 15) is 20.1 Å². The second-order valence-electron chi connectivity index (χ2n) is 8.86. The molecule has 0 aromatic rings. The maximum absolute atomic E-state index is 12.2. The predicted molar refractivity (Wildman–Crippen MR) is 132 cm³/mol. The third-order valence-corrected chi connectivity index (χ3v) is 6.53. The molecule has 6 nitrogen and oxygen atoms in total. The number of amides is 1. The Morgan fingerprint density at radius 2 is 1.91 bits per heavy atom. The van der Waals surface area contributed by atoms with Crippen LogP contribution in [-0.4, -0.2) is 56.7 Å². The predicted octanol–water partition coefficient (Wildman–Crippen LogP) is 3.68. The number of fused-ring (bicyclic) bond motifs is 1. The van der Waals surface area contributed by atoms with E-state index in [0.717, 1.165) is 19.3 Å². The van der Waals surface area contributed by atoms with E-state index in [1.54, 1.807) is 12.2 Å². The van der Waals surface area contributed by atoms with Gasteiger partial charge in [0.1, 0.15) is 6.10 Å². The lowest BCUT2D eigenvalue weighted by Crippen LogP contribution is -2.71. The molecule has 1 fully saturated rings. The standard InChI is InChI=1S/C26H38ClNO5/c1-3-20(2)14-12-10-8-6-4-5-7-9-11-13-15-23(29)28-21-18-25(31)24(30)22(27)16-17-26(25,32)33-19-21/h5,7,9,11-17,20-22,24,30-32H,3-4,6,8,10,18-19H2,1-2H3,(H,28,29). The number of halogens is 1. The first-order valence-corrected chi connectivity index (χ1v) is 12.2. The zero-order valence-electron chi connectivity index (χ0n) is 19.6. The molecule has 1 aliphatic carbocycles. The van der Waals surface area contributed by atoms with Gasteiger partial charge >= 0.3 is 0 Å². The summed E-state index contributed by atoms with van der Waals surface area (Å²) in [7, 11) is 0. The molecule has 1 aliphatic heterocycles. The van der Waals surface area contributed by atoms with E-state index in [2.05, 4.69) is 37.4 Å². The third kappa shape index (κ3) is 7.94. The van der Waals surface area contributed by atoms with Gasteiger partial charge in [-0.2, -0.15) is 0 Å². The van der Waals surface area contributed by atoms with Gasteiger partial charge in [0.2, 0.25) is 11.7 Å². The highest BCUT2D eigenvalue weighted by Gasteiger charge is 2.61. The summed E-state index contributed by atoms with van der Waals surface area (Å²) in [5, 5.41) is 33.5. The lowest BCUT2D eigenvalue weighted by Gasteiger charge is -2.52. The smallest absolute Gasteiger partial charge is 0.244 e. The van der Waals surface area contributed by atoms with Crippen LogP contribution >= 0.6 is 11.6 Å². The molecule has 2 rings (SSSR count). The van der Waals surface area contributed by atoms with Crippen LogP contribution in [0.4, 0.5) is 0 Å². The Morgan fingerprint density at radius 1 is 1.21 bits per heavy atom. The van der Waals surface area contributed by atoms with Crippen LogP contribution in [0, 0.1) is 5.92 Å². The van der Waals surface area contributed by atoms with Crippen molar-refractivity contribution in [2.45, 2.75) is 81.3 Å². The van der Waals surface area contributed by atoms with E-state index in [4.69, 9.17) is 16.3 Å². The van der Waals surface area contributed by atoms with Crippen molar-refractivity contribution in [3.05, 3.63) is 60.8 Å². The van der Waals surface area contributed by atoms with Crippen molar-refractivity contribution in [1.29, 1.82) is 0 Å². The summed E-state index contributed by atoms with van der Waals surface area (Å²) in [6.45, 7) is 4.42. The zero-order valence-corrected chi connectivity index (χ0v) is 20.3. The van der Waals surface area contributed by atoms with E-state index in [1.807, 2.05) is 12.2 Å². The molecule has 0 aromatic heterocycles. The van der Waals surface area contributed by atoms with Crippen LogP contribution in [0.2, 0.25) is 0 Å². The third-order valence-electron chi connectivity index (χ3n) is 6.14. The van der Waals surface area contributed by atoms with Crippen LogP contribution < -0.4 is 5.32 Å². The Hall–Kier alpha value is -1.70. The van der Waals surface area contributed by atoms with Crippen LogP contribution in [0.15, 0.2) is 60.8 Å². The second kappa shape index (κ2) is 13.3. The quantitative estimate of drug-likeness (QED) is 0.119. The normalized spacial score (nSPS) is 33.3. The van der Waals surface area contributed by atoms with Gasteiger partial charge in [0.25, 0.3) is 0 Å². The Bertz CT molecular complexity index is 777. The number of ether oxygens (including phenoxy) is 1. The fourth-order valence-electron chi connectivity index (χ4n) is 3.83. The number of allylic oxidation sites excluding steroid dienone is 7. The van der Waals surface area contributed by atoms with Crippen molar-refractivity contribution < 1.29 is 24.9 Å². The van der Waals surface area contributed by atoms with Crippen LogP contribution in [0.3, 0.4) is 0 Å². The van der Waals surface area contributed by atoms with E-state index < -0.39 is 28.9 Å². The number of aliphatic hydroxyl groups excluding tert-OH is 1. The number of unbranched alkanes of at least 4 members (excludes halogenated alkanes) is 3. The Morgan fingerprint density at radius 3 is 2.64 bits per heavy atom. The first-order valence-electron chi connectivity index (χ1n) is 11.8. The van der Waals surface area contributed by atoms with Gasteiger partial charge in [0, 0.05) is 12.5 Å². The molecule has 1 saturated heterocycles. The van der Waals surface area contributed by atoms with E-state index in [0.29, 0.717) is 5.92 Å². The van der Waals surface area contributed by atoms with Gasteiger partial charge in [0.05, 0.1) is 18.0 Å². The minimum absolute atomic E-state index is 0.00556. The molecule has 0 bridgehead atoms. The average Bonchev–Trinajstić information content (AvgIpc) is 2.79. The highest BCUT2D eigenvalue weighted by atomic mass is 35.5. The van der Waals surface area contributed by atoms with Gasteiger partial charge in [-0.1, -0.05) is 68.9 Å². The molecule has 33 heavy (non-hydrogen) atoms. The van der Waals surface area contributed by atoms with Crippen molar-refractivity contribution in [2.24, 2.45) is 5.92 Å². The molecule has 184 valence electrons. The summed E-state index contributed by atoms with van der Waals surface area (Å²) in [6, 6.07) is -0.582. The number of alkyl halides is 1. The lowest BCUT2D eigenvalue weighted by atomic mass is 9.75. The first kappa shape index (κ1) is 27.5. The molecule has 0 aromatic carbocycles. The van der Waals surface area contributed by atoms with E-state index in [1.165, 1.54) is 31.1 Å². The molecule has 4 N–H and O–H groups in total. The van der Waals surface area contributed by atoms with Crippen molar-refractivity contribution in [3.8, 4) is 0 Å². The van der Waals surface area contributed by atoms with Gasteiger partial charge in [-0.15, -0.1) is 11.6 Å². The van der Waals surface area contributed by atoms with E-state index >= 15 is 0 Å². The molecule has 6 atom stereocenters. The number of hydrogen-bond donors (Lipinski definition) is 4. The fraction of sp³-hybridized carbons (Fsp3) is 0.577. The molecule has 7 heteroatoms. The molecule has 6 unspecified atom stereocenters. The maximum Gasteiger partial charge on any atom is 0.244 e. The summed E-state index contributed by atoms with van der Waals surface area (Å²) < 4.78 is 5.37. The summed E-state index contributed by atoms with van der Waals surface area (Å²) in [5.41, 5.74) is -2.01. The van der Waals surface area contributed by atoms with E-state index in [-0.39, 0.29) is 18.9 Å². The largest absolute Gasteiger partial charge is 0.388 e. The number of rotatable bonds is 11. The number of hydrogen-bond acceptors (Lipinski definition) is 5. The fourth-order valence-corrected chi connectivity index (χ4v) is 4.11. The summed E-state index contributed by atoms with van der Waals surface area (Å²) >= 11 is 5.99. The SMILES string of the molecule is CCC(C)C=CCCCCC=CC=CC=CC(=O)NC1COC2(O)C=CC(Cl)C(O)C2(O)C1. The molecular formula is C26H38ClNO5. The molecule has 0 saturated carbocycles. The average molecular weight is 480 g/mol. The Labute approximate surface area is 202 Å². The van der Waals surface area contributed by atoms with Gasteiger partial charge in [-0.3, -0.25) is 4.79 Å². The number of carbonyl (C=O) groups excluding carboxylic acids is 1. The van der Waals surface area contributed by atoms with Crippen molar-refractivity contribution in [1.82, 2.24) is 5.32 Å². The van der Waals surface area contributed by atoms with Crippen LogP contribution in [-0.2, 0) is 9.53 Å². The topological polar surface area (TPSA) is 99.0 Å². The Balaban J connectivity index is 1.68. The molecule has 2 aliphatic rings. The molecule has 1 heterocycles. The Kier molecular flexibility index (Phi) is 11.1. The summed E-state index contributed by atoms with van der Waals surface area (Å²) in [6.07, 6.45) is 22.0. The minimum Gasteiger partial charge on any atom is -0.388 e. The van der Waals surface area contributed by atoms with Crippen LogP contribution in [0.25, 0.3) is 0 Å². The van der Waals surface area contributed by atoms with Gasteiger partial charge in [0.15, 0.2) is 5.60 Å². The molecule has 0 spiro atoms. The van der Waals surface area contributed by atoms with Gasteiger partial charge in [-0.05, 0) is 37.7 Å². The first-order chi connectivity index (χ1) is 15.7. The van der Waals surface area contributed by atoms with Crippen molar-refractivity contribution in [3.63, 3.8) is 0 Å². The molecular weight excluding hydrogens is 442 g/mol. The van der Waals surface area contributed by atoms with Gasteiger partial charge < -0.3 is 25.4 Å². The number of nitrogens with one attached hydrogen (secondary N) is 1. The molecule has 1 amide bonds. The van der Waals surface area contributed by atoms with Gasteiger partial charge in [-0.25, -0.2) is 0 Å². The van der Waals surface area contributed by atoms with Crippen molar-refractivity contribution in [2.75, 3.05) is 6.61 Å². The number of aliphatic hydroxyl groups is 3. The maximum atomic E-state index is 12.2.